The average molecular weight is 353 g/mol. The predicted molar refractivity (Wildman–Crippen MR) is 99.8 cm³/mol. The molecule has 0 radical (unpaired) electrons. The van der Waals surface area contributed by atoms with E-state index in [1.807, 2.05) is 32.0 Å². The summed E-state index contributed by atoms with van der Waals surface area (Å²) >= 11 is 1.25. The second kappa shape index (κ2) is 6.90. The number of benzene rings is 2. The van der Waals surface area contributed by atoms with Crippen LogP contribution < -0.4 is 5.32 Å². The van der Waals surface area contributed by atoms with E-state index in [1.165, 1.54) is 23.9 Å². The first-order chi connectivity index (χ1) is 11.9. The molecule has 25 heavy (non-hydrogen) atoms. The van der Waals surface area contributed by atoms with Crippen LogP contribution >= 0.6 is 11.8 Å². The van der Waals surface area contributed by atoms with Gasteiger partial charge in [0.2, 0.25) is 0 Å². The number of aliphatic imine (C=N–C) groups is 1. The van der Waals surface area contributed by atoms with E-state index in [2.05, 4.69) is 10.3 Å². The summed E-state index contributed by atoms with van der Waals surface area (Å²) in [6.45, 7) is 3.99. The van der Waals surface area contributed by atoms with Gasteiger partial charge in [0, 0.05) is 12.1 Å². The molecule has 1 aliphatic heterocycles. The number of nitrogens with zero attached hydrogens (tertiary/aromatic N) is 2. The maximum Gasteiger partial charge on any atom is 0.269 e. The van der Waals surface area contributed by atoms with Gasteiger partial charge >= 0.3 is 0 Å². The van der Waals surface area contributed by atoms with E-state index < -0.39 is 4.92 Å². The Morgan fingerprint density at radius 2 is 1.88 bits per heavy atom. The number of carbonyl (C=O) groups excluding carboxylic acids is 1. The topological polar surface area (TPSA) is 84.6 Å². The van der Waals surface area contributed by atoms with Crippen molar-refractivity contribution in [2.24, 2.45) is 4.99 Å². The molecule has 1 N–H and O–H groups in total. The third-order valence-corrected chi connectivity index (χ3v) is 4.54. The van der Waals surface area contributed by atoms with Crippen molar-refractivity contribution in [2.45, 2.75) is 13.8 Å². The fourth-order valence-corrected chi connectivity index (χ4v) is 3.20. The van der Waals surface area contributed by atoms with Gasteiger partial charge in [-0.3, -0.25) is 14.9 Å². The van der Waals surface area contributed by atoms with Crippen LogP contribution in [0.15, 0.2) is 52.4 Å². The summed E-state index contributed by atoms with van der Waals surface area (Å²) in [5.41, 5.74) is 3.74. The smallest absolute Gasteiger partial charge is 0.269 e. The highest BCUT2D eigenvalue weighted by Gasteiger charge is 2.24. The van der Waals surface area contributed by atoms with Crippen molar-refractivity contribution in [3.63, 3.8) is 0 Å². The molecule has 7 heteroatoms. The first-order valence-corrected chi connectivity index (χ1v) is 8.35. The van der Waals surface area contributed by atoms with Crippen molar-refractivity contribution in [3.05, 3.63) is 74.2 Å². The molecule has 2 aromatic carbocycles. The number of nitrogens with one attached hydrogen (secondary N) is 1. The highest BCUT2D eigenvalue weighted by molar-refractivity contribution is 8.18. The average Bonchev–Trinajstić information content (AvgIpc) is 2.90. The van der Waals surface area contributed by atoms with Gasteiger partial charge in [-0.05, 0) is 61.0 Å². The maximum atomic E-state index is 12.1. The Balaban J connectivity index is 1.82. The van der Waals surface area contributed by atoms with Gasteiger partial charge in [-0.25, -0.2) is 4.99 Å². The molecular formula is C18H15N3O3S. The number of rotatable bonds is 3. The Labute approximate surface area is 148 Å². The Bertz CT molecular complexity index is 918. The van der Waals surface area contributed by atoms with Gasteiger partial charge in [-0.15, -0.1) is 0 Å². The molecule has 1 saturated heterocycles. The van der Waals surface area contributed by atoms with Crippen LogP contribution in [-0.2, 0) is 4.79 Å². The number of carbonyl (C=O) groups is 1. The maximum absolute atomic E-state index is 12.1. The van der Waals surface area contributed by atoms with E-state index in [0.717, 1.165) is 22.4 Å². The molecule has 0 spiro atoms. The largest absolute Gasteiger partial charge is 0.300 e. The first-order valence-electron chi connectivity index (χ1n) is 7.54. The molecule has 6 nitrogen and oxygen atoms in total. The van der Waals surface area contributed by atoms with E-state index in [0.29, 0.717) is 10.1 Å². The third-order valence-electron chi connectivity index (χ3n) is 3.63. The number of hydrogen-bond acceptors (Lipinski definition) is 5. The monoisotopic (exact) mass is 353 g/mol. The summed E-state index contributed by atoms with van der Waals surface area (Å²) in [4.78, 5) is 27.3. The molecule has 0 aromatic heterocycles. The van der Waals surface area contributed by atoms with Crippen LogP contribution in [0.3, 0.4) is 0 Å². The Hall–Kier alpha value is -2.93. The van der Waals surface area contributed by atoms with Crippen LogP contribution in [0.2, 0.25) is 0 Å². The summed E-state index contributed by atoms with van der Waals surface area (Å²) in [6.07, 6.45) is 1.69. The second-order valence-electron chi connectivity index (χ2n) is 5.62. The van der Waals surface area contributed by atoms with Gasteiger partial charge in [-0.2, -0.15) is 0 Å². The van der Waals surface area contributed by atoms with Crippen LogP contribution in [0.1, 0.15) is 16.7 Å². The fraction of sp³-hybridized carbons (Fsp3) is 0.111. The van der Waals surface area contributed by atoms with Crippen molar-refractivity contribution in [3.8, 4) is 0 Å². The zero-order valence-electron chi connectivity index (χ0n) is 13.6. The lowest BCUT2D eigenvalue weighted by Gasteiger charge is -2.02. The zero-order chi connectivity index (χ0) is 18.0. The molecule has 0 saturated carbocycles. The zero-order valence-corrected chi connectivity index (χ0v) is 14.5. The fourth-order valence-electron chi connectivity index (χ4n) is 2.36. The molecule has 126 valence electrons. The first kappa shape index (κ1) is 16.9. The number of thioether (sulfide) groups is 1. The summed E-state index contributed by atoms with van der Waals surface area (Å²) in [7, 11) is 0. The second-order valence-corrected chi connectivity index (χ2v) is 6.65. The van der Waals surface area contributed by atoms with E-state index in [-0.39, 0.29) is 11.6 Å². The van der Waals surface area contributed by atoms with Crippen LogP contribution in [0.25, 0.3) is 6.08 Å². The summed E-state index contributed by atoms with van der Waals surface area (Å²) in [6, 6.07) is 12.0. The van der Waals surface area contributed by atoms with Gasteiger partial charge in [0.1, 0.15) is 0 Å². The highest BCUT2D eigenvalue weighted by Crippen LogP contribution is 2.29. The molecule has 1 heterocycles. The number of nitro groups is 1. The molecule has 1 aliphatic rings. The molecule has 2 aromatic rings. The molecule has 0 aliphatic carbocycles. The molecule has 0 bridgehead atoms. The standard InChI is InChI=1S/C18H15N3O3S/c1-11-3-8-15(12(2)9-11)19-18-20-17(22)16(25-18)10-13-4-6-14(7-5-13)21(23)24/h3-10H,1-2H3,(H,19,20,22)/b16-10+. The van der Waals surface area contributed by atoms with Crippen LogP contribution in [0.4, 0.5) is 11.4 Å². The van der Waals surface area contributed by atoms with Gasteiger partial charge in [0.05, 0.1) is 15.5 Å². The number of aryl methyl sites for hydroxylation is 2. The van der Waals surface area contributed by atoms with Crippen molar-refractivity contribution in [1.82, 2.24) is 5.32 Å². The minimum absolute atomic E-state index is 0.0165. The van der Waals surface area contributed by atoms with Crippen LogP contribution in [-0.4, -0.2) is 16.0 Å². The minimum Gasteiger partial charge on any atom is -0.300 e. The van der Waals surface area contributed by atoms with Gasteiger partial charge in [0.25, 0.3) is 11.6 Å². The highest BCUT2D eigenvalue weighted by atomic mass is 32.2. The van der Waals surface area contributed by atoms with Crippen LogP contribution in [0.5, 0.6) is 0 Å². The number of amidine groups is 1. The Morgan fingerprint density at radius 1 is 1.16 bits per heavy atom. The lowest BCUT2D eigenvalue weighted by atomic mass is 10.1. The van der Waals surface area contributed by atoms with Crippen LogP contribution in [0, 0.1) is 24.0 Å². The van der Waals surface area contributed by atoms with Gasteiger partial charge in [0.15, 0.2) is 5.17 Å². The quantitative estimate of drug-likeness (QED) is 0.511. The number of hydrogen-bond donors (Lipinski definition) is 1. The number of amides is 1. The Kier molecular flexibility index (Phi) is 4.67. The van der Waals surface area contributed by atoms with E-state index in [9.17, 15) is 14.9 Å². The lowest BCUT2D eigenvalue weighted by Crippen LogP contribution is -2.19. The van der Waals surface area contributed by atoms with Gasteiger partial charge in [-0.1, -0.05) is 17.7 Å². The molecule has 3 rings (SSSR count). The molecular weight excluding hydrogens is 338 g/mol. The third kappa shape index (κ3) is 3.95. The number of nitro benzene ring substituents is 1. The van der Waals surface area contributed by atoms with E-state index in [4.69, 9.17) is 0 Å². The van der Waals surface area contributed by atoms with Crippen molar-refractivity contribution in [1.29, 1.82) is 0 Å². The molecule has 1 amide bonds. The van der Waals surface area contributed by atoms with Crippen molar-refractivity contribution in [2.75, 3.05) is 0 Å². The van der Waals surface area contributed by atoms with E-state index >= 15 is 0 Å². The predicted octanol–water partition coefficient (Wildman–Crippen LogP) is 4.10. The lowest BCUT2D eigenvalue weighted by molar-refractivity contribution is -0.384. The number of non-ortho nitro benzene ring substituents is 1. The Morgan fingerprint density at radius 3 is 2.52 bits per heavy atom. The molecule has 1 fully saturated rings. The van der Waals surface area contributed by atoms with Crippen molar-refractivity contribution < 1.29 is 9.72 Å². The summed E-state index contributed by atoms with van der Waals surface area (Å²) < 4.78 is 0. The van der Waals surface area contributed by atoms with Gasteiger partial charge < -0.3 is 5.32 Å². The summed E-state index contributed by atoms with van der Waals surface area (Å²) in [5, 5.41) is 13.9. The SMILES string of the molecule is Cc1ccc(N=C2NC(=O)/C(=C\c3ccc([N+](=O)[O-])cc3)S2)c(C)c1. The normalized spacial score (nSPS) is 17.1. The van der Waals surface area contributed by atoms with Crippen molar-refractivity contribution >= 4 is 40.3 Å². The molecule has 0 unspecified atom stereocenters. The van der Waals surface area contributed by atoms with E-state index in [1.54, 1.807) is 18.2 Å². The minimum atomic E-state index is -0.456. The summed E-state index contributed by atoms with van der Waals surface area (Å²) in [5.74, 6) is -0.230. The molecule has 0 atom stereocenters.